The normalized spacial score (nSPS) is 16.2. The van der Waals surface area contributed by atoms with E-state index >= 15 is 0 Å². The molecule has 1 aliphatic heterocycles. The minimum Gasteiger partial charge on any atom is -0.331 e. The number of carbonyl (C=O) groups is 2. The lowest BCUT2D eigenvalue weighted by Crippen LogP contribution is -2.48. The van der Waals surface area contributed by atoms with Crippen molar-refractivity contribution < 1.29 is 9.59 Å². The molecule has 9 heteroatoms. The molecule has 1 aliphatic rings. The van der Waals surface area contributed by atoms with E-state index in [0.717, 1.165) is 30.9 Å². The molecule has 3 amide bonds. The van der Waals surface area contributed by atoms with E-state index in [9.17, 15) is 9.59 Å². The first-order chi connectivity index (χ1) is 14.3. The van der Waals surface area contributed by atoms with E-state index in [0.29, 0.717) is 11.1 Å². The van der Waals surface area contributed by atoms with Crippen LogP contribution in [0.4, 0.5) is 9.80 Å². The Morgan fingerprint density at radius 2 is 1.90 bits per heavy atom. The Kier molecular flexibility index (Phi) is 7.63. The van der Waals surface area contributed by atoms with Gasteiger partial charge in [-0.3, -0.25) is 4.79 Å². The standard InChI is InChI=1S/C21H26Cl2N4O2S/c1-13(24-21(29)27(3)14-8-10-26(2)11-9-14)15-6-7-16(19(23)18(15)22)20(28)25-17-5-4-12-30-17/h4-7,12-14H,8-11H2,1-3H3,(H,24,29)(H,25,28). The third kappa shape index (κ3) is 5.27. The van der Waals surface area contributed by atoms with Crippen molar-refractivity contribution in [2.24, 2.45) is 0 Å². The van der Waals surface area contributed by atoms with Gasteiger partial charge < -0.3 is 20.4 Å². The Bertz CT molecular complexity index is 899. The van der Waals surface area contributed by atoms with Crippen LogP contribution in [0.3, 0.4) is 0 Å². The van der Waals surface area contributed by atoms with E-state index < -0.39 is 0 Å². The number of thiophene rings is 1. The van der Waals surface area contributed by atoms with Crippen LogP contribution in [0.5, 0.6) is 0 Å². The number of anilines is 1. The number of piperidine rings is 1. The first kappa shape index (κ1) is 22.9. The number of halogens is 2. The first-order valence-electron chi connectivity index (χ1n) is 9.82. The molecule has 0 saturated carbocycles. The zero-order chi connectivity index (χ0) is 21.8. The molecule has 0 radical (unpaired) electrons. The summed E-state index contributed by atoms with van der Waals surface area (Å²) in [5.41, 5.74) is 0.959. The molecule has 1 aromatic carbocycles. The van der Waals surface area contributed by atoms with Crippen LogP contribution in [0.15, 0.2) is 29.6 Å². The first-order valence-corrected chi connectivity index (χ1v) is 11.5. The van der Waals surface area contributed by atoms with Crippen LogP contribution >= 0.6 is 34.5 Å². The molecule has 1 fully saturated rings. The number of rotatable bonds is 5. The highest BCUT2D eigenvalue weighted by Gasteiger charge is 2.26. The maximum absolute atomic E-state index is 12.7. The Morgan fingerprint density at radius 3 is 2.53 bits per heavy atom. The Labute approximate surface area is 191 Å². The zero-order valence-electron chi connectivity index (χ0n) is 17.2. The highest BCUT2D eigenvalue weighted by molar-refractivity contribution is 7.14. The van der Waals surface area contributed by atoms with E-state index in [1.807, 2.05) is 31.5 Å². The summed E-state index contributed by atoms with van der Waals surface area (Å²) < 4.78 is 0. The van der Waals surface area contributed by atoms with Gasteiger partial charge in [0.25, 0.3) is 5.91 Å². The molecule has 2 N–H and O–H groups in total. The number of hydrogen-bond donors (Lipinski definition) is 2. The van der Waals surface area contributed by atoms with E-state index in [4.69, 9.17) is 23.2 Å². The SMILES string of the molecule is CC(NC(=O)N(C)C1CCN(C)CC1)c1ccc(C(=O)Nc2cccs2)c(Cl)c1Cl. The lowest BCUT2D eigenvalue weighted by atomic mass is 10.0. The predicted octanol–water partition coefficient (Wildman–Crippen LogP) is 5.10. The quantitative estimate of drug-likeness (QED) is 0.640. The van der Waals surface area contributed by atoms with Crippen LogP contribution < -0.4 is 10.6 Å². The molecule has 0 aliphatic carbocycles. The van der Waals surface area contributed by atoms with E-state index in [1.165, 1.54) is 11.3 Å². The Balaban J connectivity index is 1.67. The third-order valence-corrected chi connectivity index (χ3v) is 7.16. The highest BCUT2D eigenvalue weighted by atomic mass is 35.5. The number of nitrogens with zero attached hydrogens (tertiary/aromatic N) is 2. The molecule has 3 rings (SSSR count). The maximum Gasteiger partial charge on any atom is 0.317 e. The molecule has 1 atom stereocenters. The number of nitrogens with one attached hydrogen (secondary N) is 2. The van der Waals surface area contributed by atoms with Crippen LogP contribution in [0.2, 0.25) is 10.0 Å². The summed E-state index contributed by atoms with van der Waals surface area (Å²) >= 11 is 14.3. The van der Waals surface area contributed by atoms with Gasteiger partial charge in [0.1, 0.15) is 0 Å². The highest BCUT2D eigenvalue weighted by Crippen LogP contribution is 2.34. The molecule has 1 aromatic heterocycles. The van der Waals surface area contributed by atoms with Crippen molar-refractivity contribution in [1.29, 1.82) is 0 Å². The fourth-order valence-electron chi connectivity index (χ4n) is 3.52. The molecule has 1 unspecified atom stereocenters. The Hall–Kier alpha value is -1.80. The van der Waals surface area contributed by atoms with Gasteiger partial charge in [-0.25, -0.2) is 4.79 Å². The van der Waals surface area contributed by atoms with Gasteiger partial charge in [0, 0.05) is 13.1 Å². The van der Waals surface area contributed by atoms with Crippen molar-refractivity contribution in [3.8, 4) is 0 Å². The number of hydrogen-bond acceptors (Lipinski definition) is 4. The van der Waals surface area contributed by atoms with E-state index in [-0.39, 0.29) is 34.1 Å². The molecule has 1 saturated heterocycles. The minimum atomic E-state index is -0.356. The molecule has 6 nitrogen and oxygen atoms in total. The van der Waals surface area contributed by atoms with Gasteiger partial charge in [-0.15, -0.1) is 11.3 Å². The molecule has 30 heavy (non-hydrogen) atoms. The van der Waals surface area contributed by atoms with Crippen molar-refractivity contribution in [2.75, 3.05) is 32.5 Å². The van der Waals surface area contributed by atoms with Crippen LogP contribution in [-0.2, 0) is 0 Å². The monoisotopic (exact) mass is 468 g/mol. The van der Waals surface area contributed by atoms with Gasteiger partial charge in [0.05, 0.1) is 26.7 Å². The van der Waals surface area contributed by atoms with E-state index in [1.54, 1.807) is 17.0 Å². The minimum absolute atomic E-state index is 0.149. The second kappa shape index (κ2) is 10.0. The molecule has 0 spiro atoms. The van der Waals surface area contributed by atoms with Gasteiger partial charge in [-0.2, -0.15) is 0 Å². The summed E-state index contributed by atoms with van der Waals surface area (Å²) in [6.45, 7) is 3.81. The summed E-state index contributed by atoms with van der Waals surface area (Å²) in [5.74, 6) is -0.324. The van der Waals surface area contributed by atoms with Gasteiger partial charge in [-0.05, 0) is 69.0 Å². The molecule has 162 valence electrons. The lowest BCUT2D eigenvalue weighted by Gasteiger charge is -2.35. The number of urea groups is 1. The fourth-order valence-corrected chi connectivity index (χ4v) is 4.71. The van der Waals surface area contributed by atoms with Gasteiger partial charge in [0.15, 0.2) is 0 Å². The van der Waals surface area contributed by atoms with E-state index in [2.05, 4.69) is 22.6 Å². The second-order valence-corrected chi connectivity index (χ2v) is 9.28. The molecule has 0 bridgehead atoms. The number of carbonyl (C=O) groups excluding carboxylic acids is 2. The Morgan fingerprint density at radius 1 is 1.20 bits per heavy atom. The molecule has 2 heterocycles. The largest absolute Gasteiger partial charge is 0.331 e. The zero-order valence-corrected chi connectivity index (χ0v) is 19.6. The third-order valence-electron chi connectivity index (χ3n) is 5.48. The smallest absolute Gasteiger partial charge is 0.317 e. The summed E-state index contributed by atoms with van der Waals surface area (Å²) in [6.07, 6.45) is 1.91. The number of likely N-dealkylation sites (tertiary alicyclic amines) is 1. The molecule has 2 aromatic rings. The summed E-state index contributed by atoms with van der Waals surface area (Å²) in [4.78, 5) is 29.3. The van der Waals surface area contributed by atoms with Gasteiger partial charge >= 0.3 is 6.03 Å². The van der Waals surface area contributed by atoms with Crippen LogP contribution in [0.25, 0.3) is 0 Å². The van der Waals surface area contributed by atoms with Crippen molar-refractivity contribution in [3.05, 3.63) is 50.8 Å². The molecular weight excluding hydrogens is 443 g/mol. The van der Waals surface area contributed by atoms with Crippen molar-refractivity contribution in [3.63, 3.8) is 0 Å². The van der Waals surface area contributed by atoms with Crippen LogP contribution in [-0.4, -0.2) is 55.0 Å². The van der Waals surface area contributed by atoms with Gasteiger partial charge in [-0.1, -0.05) is 29.3 Å². The van der Waals surface area contributed by atoms with Crippen molar-refractivity contribution >= 4 is 51.5 Å². The van der Waals surface area contributed by atoms with Crippen LogP contribution in [0.1, 0.15) is 41.7 Å². The summed E-state index contributed by atoms with van der Waals surface area (Å²) in [5, 5.41) is 8.84. The average molecular weight is 469 g/mol. The molecular formula is C21H26Cl2N4O2S. The van der Waals surface area contributed by atoms with Crippen LogP contribution in [0, 0.1) is 0 Å². The second-order valence-electron chi connectivity index (χ2n) is 7.58. The summed E-state index contributed by atoms with van der Waals surface area (Å²) in [7, 11) is 3.92. The van der Waals surface area contributed by atoms with Crippen molar-refractivity contribution in [1.82, 2.24) is 15.1 Å². The lowest BCUT2D eigenvalue weighted by molar-refractivity contribution is 0.102. The predicted molar refractivity (Wildman–Crippen MR) is 124 cm³/mol. The summed E-state index contributed by atoms with van der Waals surface area (Å²) in [6, 6.07) is 6.74. The fraction of sp³-hybridized carbons (Fsp3) is 0.429. The maximum atomic E-state index is 12.7. The number of amides is 3. The van der Waals surface area contributed by atoms with Crippen molar-refractivity contribution in [2.45, 2.75) is 31.8 Å². The average Bonchev–Trinajstić information content (AvgIpc) is 3.22. The topological polar surface area (TPSA) is 64.7 Å². The van der Waals surface area contributed by atoms with Gasteiger partial charge in [0.2, 0.25) is 0 Å². The number of benzene rings is 1.